The van der Waals surface area contributed by atoms with Gasteiger partial charge in [-0.3, -0.25) is 0 Å². The van der Waals surface area contributed by atoms with E-state index in [0.717, 1.165) is 18.6 Å². The first-order valence-electron chi connectivity index (χ1n) is 7.36. The molecule has 0 aliphatic carbocycles. The van der Waals surface area contributed by atoms with Crippen LogP contribution in [0.15, 0.2) is 36.8 Å². The first-order valence-corrected chi connectivity index (χ1v) is 7.36. The van der Waals surface area contributed by atoms with Crippen molar-refractivity contribution in [2.45, 2.75) is 25.5 Å². The van der Waals surface area contributed by atoms with Crippen molar-refractivity contribution in [3.63, 3.8) is 0 Å². The number of hydrogen-bond acceptors (Lipinski definition) is 5. The Labute approximate surface area is 136 Å². The van der Waals surface area contributed by atoms with E-state index in [2.05, 4.69) is 9.97 Å². The summed E-state index contributed by atoms with van der Waals surface area (Å²) >= 11 is 0. The minimum Gasteiger partial charge on any atom is -0.472 e. The number of halogens is 3. The molecule has 2 heterocycles. The van der Waals surface area contributed by atoms with Gasteiger partial charge in [-0.25, -0.2) is 9.97 Å². The second-order valence-electron chi connectivity index (χ2n) is 5.19. The lowest BCUT2D eigenvalue weighted by atomic mass is 10.1. The SMILES string of the molecule is FC(F)(F)c1ccc(COc2ncncc2C2OCCCO2)cc1. The van der Waals surface area contributed by atoms with Crippen LogP contribution in [0, 0.1) is 0 Å². The van der Waals surface area contributed by atoms with Gasteiger partial charge in [-0.1, -0.05) is 12.1 Å². The fourth-order valence-corrected chi connectivity index (χ4v) is 2.22. The molecule has 2 aromatic rings. The van der Waals surface area contributed by atoms with E-state index in [0.29, 0.717) is 24.3 Å². The predicted octanol–water partition coefficient (Wildman–Crippen LogP) is 3.51. The lowest BCUT2D eigenvalue weighted by molar-refractivity contribution is -0.184. The number of rotatable bonds is 4. The minimum absolute atomic E-state index is 0.0782. The Morgan fingerprint density at radius 3 is 2.50 bits per heavy atom. The number of benzene rings is 1. The van der Waals surface area contributed by atoms with Crippen LogP contribution < -0.4 is 4.74 Å². The smallest absolute Gasteiger partial charge is 0.416 e. The van der Waals surface area contributed by atoms with Crippen LogP contribution in [0.1, 0.15) is 29.4 Å². The van der Waals surface area contributed by atoms with E-state index in [4.69, 9.17) is 14.2 Å². The fraction of sp³-hybridized carbons (Fsp3) is 0.375. The predicted molar refractivity (Wildman–Crippen MR) is 77.1 cm³/mol. The third kappa shape index (κ3) is 4.01. The highest BCUT2D eigenvalue weighted by molar-refractivity contribution is 5.26. The number of hydrogen-bond donors (Lipinski definition) is 0. The van der Waals surface area contributed by atoms with Crippen LogP contribution in [0.25, 0.3) is 0 Å². The molecular weight excluding hydrogens is 325 g/mol. The Hall–Kier alpha value is -2.19. The summed E-state index contributed by atoms with van der Waals surface area (Å²) in [4.78, 5) is 7.99. The molecule has 0 spiro atoms. The van der Waals surface area contributed by atoms with E-state index in [9.17, 15) is 13.2 Å². The van der Waals surface area contributed by atoms with Gasteiger partial charge in [-0.15, -0.1) is 0 Å². The molecule has 24 heavy (non-hydrogen) atoms. The van der Waals surface area contributed by atoms with Crippen molar-refractivity contribution in [1.29, 1.82) is 0 Å². The number of alkyl halides is 3. The second kappa shape index (κ2) is 7.14. The molecule has 1 aromatic heterocycles. The molecule has 0 saturated carbocycles. The molecule has 0 N–H and O–H groups in total. The summed E-state index contributed by atoms with van der Waals surface area (Å²) in [6, 6.07) is 4.79. The number of nitrogens with zero attached hydrogens (tertiary/aromatic N) is 2. The molecule has 0 radical (unpaired) electrons. The van der Waals surface area contributed by atoms with Crippen molar-refractivity contribution >= 4 is 0 Å². The standard InChI is InChI=1S/C16H15F3N2O3/c17-16(18,19)12-4-2-11(3-5-12)9-24-14-13(8-20-10-21-14)15-22-6-1-7-23-15/h2-5,8,10,15H,1,6-7,9H2. The van der Waals surface area contributed by atoms with Crippen LogP contribution in [0.3, 0.4) is 0 Å². The Morgan fingerprint density at radius 2 is 1.83 bits per heavy atom. The Bertz CT molecular complexity index is 671. The average Bonchev–Trinajstić information content (AvgIpc) is 2.60. The summed E-state index contributed by atoms with van der Waals surface area (Å²) in [6.07, 6.45) is -1.26. The van der Waals surface area contributed by atoms with Crippen molar-refractivity contribution in [1.82, 2.24) is 9.97 Å². The molecule has 1 fully saturated rings. The van der Waals surface area contributed by atoms with Crippen LogP contribution in [0.4, 0.5) is 13.2 Å². The number of ether oxygens (including phenoxy) is 3. The number of aromatic nitrogens is 2. The zero-order chi connectivity index (χ0) is 17.0. The van der Waals surface area contributed by atoms with Crippen molar-refractivity contribution in [3.8, 4) is 5.88 Å². The Balaban J connectivity index is 1.68. The first-order chi connectivity index (χ1) is 11.5. The molecule has 3 rings (SSSR count). The molecule has 5 nitrogen and oxygen atoms in total. The maximum atomic E-state index is 12.6. The highest BCUT2D eigenvalue weighted by Crippen LogP contribution is 2.30. The summed E-state index contributed by atoms with van der Waals surface area (Å²) in [5, 5.41) is 0. The largest absolute Gasteiger partial charge is 0.472 e. The van der Waals surface area contributed by atoms with E-state index < -0.39 is 18.0 Å². The first kappa shape index (κ1) is 16.7. The molecule has 1 saturated heterocycles. The molecule has 0 atom stereocenters. The summed E-state index contributed by atoms with van der Waals surface area (Å²) in [5.74, 6) is 0.289. The lowest BCUT2D eigenvalue weighted by Gasteiger charge is -2.24. The lowest BCUT2D eigenvalue weighted by Crippen LogP contribution is -2.19. The maximum absolute atomic E-state index is 12.6. The van der Waals surface area contributed by atoms with Crippen LogP contribution in [-0.2, 0) is 22.3 Å². The molecule has 0 unspecified atom stereocenters. The molecule has 8 heteroatoms. The zero-order valence-electron chi connectivity index (χ0n) is 12.6. The van der Waals surface area contributed by atoms with Gasteiger partial charge < -0.3 is 14.2 Å². The van der Waals surface area contributed by atoms with E-state index in [1.807, 2.05) is 0 Å². The van der Waals surface area contributed by atoms with Crippen molar-refractivity contribution < 1.29 is 27.4 Å². The van der Waals surface area contributed by atoms with Crippen LogP contribution >= 0.6 is 0 Å². The average molecular weight is 340 g/mol. The Morgan fingerprint density at radius 1 is 1.12 bits per heavy atom. The third-order valence-electron chi connectivity index (χ3n) is 3.44. The van der Waals surface area contributed by atoms with Gasteiger partial charge in [0.2, 0.25) is 5.88 Å². The zero-order valence-corrected chi connectivity index (χ0v) is 12.6. The van der Waals surface area contributed by atoms with Crippen LogP contribution in [0.5, 0.6) is 5.88 Å². The van der Waals surface area contributed by atoms with Gasteiger partial charge in [0.25, 0.3) is 0 Å². The van der Waals surface area contributed by atoms with E-state index in [1.165, 1.54) is 18.5 Å². The maximum Gasteiger partial charge on any atom is 0.416 e. The summed E-state index contributed by atoms with van der Waals surface area (Å²) in [7, 11) is 0. The molecule has 0 bridgehead atoms. The molecule has 128 valence electrons. The topological polar surface area (TPSA) is 53.5 Å². The van der Waals surface area contributed by atoms with Gasteiger partial charge in [0.05, 0.1) is 24.3 Å². The van der Waals surface area contributed by atoms with Crippen LogP contribution in [-0.4, -0.2) is 23.2 Å². The van der Waals surface area contributed by atoms with Crippen LogP contribution in [0.2, 0.25) is 0 Å². The minimum atomic E-state index is -4.35. The van der Waals surface area contributed by atoms with Gasteiger partial charge in [-0.05, 0) is 24.1 Å². The van der Waals surface area contributed by atoms with E-state index in [1.54, 1.807) is 6.20 Å². The third-order valence-corrected chi connectivity index (χ3v) is 3.44. The van der Waals surface area contributed by atoms with Gasteiger partial charge in [0.15, 0.2) is 6.29 Å². The molecule has 0 amide bonds. The Kier molecular flexibility index (Phi) is 4.96. The summed E-state index contributed by atoms with van der Waals surface area (Å²) < 4.78 is 54.3. The normalized spacial score (nSPS) is 16.1. The summed E-state index contributed by atoms with van der Waals surface area (Å²) in [6.45, 7) is 1.21. The fourth-order valence-electron chi connectivity index (χ4n) is 2.22. The van der Waals surface area contributed by atoms with E-state index in [-0.39, 0.29) is 12.5 Å². The van der Waals surface area contributed by atoms with E-state index >= 15 is 0 Å². The van der Waals surface area contributed by atoms with Crippen molar-refractivity contribution in [3.05, 3.63) is 53.5 Å². The van der Waals surface area contributed by atoms with Gasteiger partial charge >= 0.3 is 6.18 Å². The summed E-state index contributed by atoms with van der Waals surface area (Å²) in [5.41, 5.74) is 0.458. The quantitative estimate of drug-likeness (QED) is 0.852. The van der Waals surface area contributed by atoms with Gasteiger partial charge in [-0.2, -0.15) is 13.2 Å². The molecule has 1 aromatic carbocycles. The molecule has 1 aliphatic heterocycles. The highest BCUT2D eigenvalue weighted by atomic mass is 19.4. The monoisotopic (exact) mass is 340 g/mol. The second-order valence-corrected chi connectivity index (χ2v) is 5.19. The van der Waals surface area contributed by atoms with Gasteiger partial charge in [0, 0.05) is 6.20 Å². The van der Waals surface area contributed by atoms with Gasteiger partial charge in [0.1, 0.15) is 12.9 Å². The van der Waals surface area contributed by atoms with Crippen molar-refractivity contribution in [2.24, 2.45) is 0 Å². The highest BCUT2D eigenvalue weighted by Gasteiger charge is 2.30. The molecular formula is C16H15F3N2O3. The molecule has 1 aliphatic rings. The van der Waals surface area contributed by atoms with Crippen molar-refractivity contribution in [2.75, 3.05) is 13.2 Å².